The molecule has 0 heterocycles. The first-order chi connectivity index (χ1) is 14.9. The molecular formula is C22H23ClN2O6. The van der Waals surface area contributed by atoms with Crippen molar-refractivity contribution in [3.63, 3.8) is 0 Å². The molecule has 0 unspecified atom stereocenters. The lowest BCUT2D eigenvalue weighted by Gasteiger charge is -2.22. The van der Waals surface area contributed by atoms with Crippen LogP contribution in [0.3, 0.4) is 0 Å². The van der Waals surface area contributed by atoms with Gasteiger partial charge < -0.3 is 23.8 Å². The molecule has 164 valence electrons. The standard InChI is InChI=1S/C22H23ClN2O6/c1-28-18-10-15(11-19(29-2)22(18)30-3)12-21(27)31-14-20(26)25(9-5-8-24)17-7-4-6-16(23)13-17/h4,6-7,10-11,13H,5,9,12,14H2,1-3H3. The van der Waals surface area contributed by atoms with E-state index < -0.39 is 18.5 Å². The number of nitrogens with zero attached hydrogens (tertiary/aromatic N) is 2. The van der Waals surface area contributed by atoms with Gasteiger partial charge in [0.15, 0.2) is 18.1 Å². The van der Waals surface area contributed by atoms with Crippen LogP contribution in [0.15, 0.2) is 36.4 Å². The van der Waals surface area contributed by atoms with Crippen LogP contribution in [0.5, 0.6) is 17.2 Å². The van der Waals surface area contributed by atoms with Gasteiger partial charge in [-0.05, 0) is 35.9 Å². The third kappa shape index (κ3) is 6.52. The normalized spacial score (nSPS) is 10.0. The van der Waals surface area contributed by atoms with E-state index in [0.29, 0.717) is 33.5 Å². The van der Waals surface area contributed by atoms with E-state index in [1.165, 1.54) is 26.2 Å². The van der Waals surface area contributed by atoms with Crippen LogP contribution in [0.25, 0.3) is 0 Å². The van der Waals surface area contributed by atoms with Gasteiger partial charge in [-0.3, -0.25) is 9.59 Å². The van der Waals surface area contributed by atoms with Crippen LogP contribution < -0.4 is 19.1 Å². The minimum Gasteiger partial charge on any atom is -0.493 e. The van der Waals surface area contributed by atoms with Gasteiger partial charge in [0.25, 0.3) is 5.91 Å². The Balaban J connectivity index is 2.07. The first-order valence-corrected chi connectivity index (χ1v) is 9.68. The summed E-state index contributed by atoms with van der Waals surface area (Å²) in [6.07, 6.45) is 0.0248. The Kier molecular flexibility index (Phi) is 8.97. The molecule has 2 aromatic rings. The number of hydrogen-bond donors (Lipinski definition) is 0. The van der Waals surface area contributed by atoms with Gasteiger partial charge in [-0.25, -0.2) is 0 Å². The van der Waals surface area contributed by atoms with Gasteiger partial charge in [0.1, 0.15) is 0 Å². The molecule has 8 nitrogen and oxygen atoms in total. The summed E-state index contributed by atoms with van der Waals surface area (Å²) in [7, 11) is 4.44. The second-order valence-corrected chi connectivity index (χ2v) is 6.74. The third-order valence-electron chi connectivity index (χ3n) is 4.30. The molecule has 31 heavy (non-hydrogen) atoms. The number of anilines is 1. The Labute approximate surface area is 185 Å². The number of halogens is 1. The Morgan fingerprint density at radius 1 is 1.06 bits per heavy atom. The minimum absolute atomic E-state index is 0.0979. The Morgan fingerprint density at radius 2 is 1.74 bits per heavy atom. The lowest BCUT2D eigenvalue weighted by molar-refractivity contribution is -0.147. The number of ether oxygens (including phenoxy) is 4. The van der Waals surface area contributed by atoms with Gasteiger partial charge in [-0.15, -0.1) is 0 Å². The highest BCUT2D eigenvalue weighted by molar-refractivity contribution is 6.30. The Bertz CT molecular complexity index is 948. The molecule has 0 saturated heterocycles. The predicted molar refractivity (Wildman–Crippen MR) is 115 cm³/mol. The van der Waals surface area contributed by atoms with Crippen molar-refractivity contribution in [1.29, 1.82) is 5.26 Å². The Hall–Kier alpha value is -3.44. The SMILES string of the molecule is COc1cc(CC(=O)OCC(=O)N(CCC#N)c2cccc(Cl)c2)cc(OC)c1OC. The summed E-state index contributed by atoms with van der Waals surface area (Å²) in [5.41, 5.74) is 1.09. The van der Waals surface area contributed by atoms with Crippen LogP contribution >= 0.6 is 11.6 Å². The number of carbonyl (C=O) groups excluding carboxylic acids is 2. The fraction of sp³-hybridized carbons (Fsp3) is 0.318. The van der Waals surface area contributed by atoms with E-state index in [9.17, 15) is 9.59 Å². The van der Waals surface area contributed by atoms with Gasteiger partial charge in [0.2, 0.25) is 5.75 Å². The molecule has 0 radical (unpaired) electrons. The van der Waals surface area contributed by atoms with E-state index in [2.05, 4.69) is 0 Å². The molecule has 9 heteroatoms. The number of nitriles is 1. The number of carbonyl (C=O) groups is 2. The lowest BCUT2D eigenvalue weighted by atomic mass is 10.1. The zero-order valence-electron chi connectivity index (χ0n) is 17.5. The monoisotopic (exact) mass is 446 g/mol. The van der Waals surface area contributed by atoms with E-state index in [-0.39, 0.29) is 19.4 Å². The van der Waals surface area contributed by atoms with E-state index in [1.807, 2.05) is 6.07 Å². The van der Waals surface area contributed by atoms with E-state index in [0.717, 1.165) is 0 Å². The van der Waals surface area contributed by atoms with Crippen LogP contribution in [0, 0.1) is 11.3 Å². The van der Waals surface area contributed by atoms with Gasteiger partial charge in [-0.1, -0.05) is 17.7 Å². The van der Waals surface area contributed by atoms with E-state index >= 15 is 0 Å². The predicted octanol–water partition coefficient (Wildman–Crippen LogP) is 3.40. The molecule has 0 N–H and O–H groups in total. The van der Waals surface area contributed by atoms with Crippen molar-refractivity contribution in [2.75, 3.05) is 39.4 Å². The van der Waals surface area contributed by atoms with Gasteiger partial charge in [0, 0.05) is 17.3 Å². The van der Waals surface area contributed by atoms with Crippen molar-refractivity contribution in [3.8, 4) is 23.3 Å². The van der Waals surface area contributed by atoms with Crippen LogP contribution in [0.1, 0.15) is 12.0 Å². The van der Waals surface area contributed by atoms with Gasteiger partial charge in [0.05, 0.1) is 40.2 Å². The summed E-state index contributed by atoms with van der Waals surface area (Å²) in [5.74, 6) is 0.158. The number of hydrogen-bond acceptors (Lipinski definition) is 7. The number of amides is 1. The lowest BCUT2D eigenvalue weighted by Crippen LogP contribution is -2.35. The summed E-state index contributed by atoms with van der Waals surface area (Å²) in [6.45, 7) is -0.318. The maximum absolute atomic E-state index is 12.6. The molecule has 0 aliphatic rings. The number of methoxy groups -OCH3 is 3. The summed E-state index contributed by atoms with van der Waals surface area (Å²) in [5, 5.41) is 9.33. The topological polar surface area (TPSA) is 98.1 Å². The molecule has 0 saturated carbocycles. The molecule has 2 aromatic carbocycles. The van der Waals surface area contributed by atoms with Gasteiger partial charge >= 0.3 is 5.97 Å². The van der Waals surface area contributed by atoms with Crippen LogP contribution in [0.2, 0.25) is 5.02 Å². The first kappa shape index (κ1) is 23.8. The van der Waals surface area contributed by atoms with Gasteiger partial charge in [-0.2, -0.15) is 5.26 Å². The van der Waals surface area contributed by atoms with Crippen molar-refractivity contribution < 1.29 is 28.5 Å². The summed E-state index contributed by atoms with van der Waals surface area (Å²) in [6, 6.07) is 11.9. The second-order valence-electron chi connectivity index (χ2n) is 6.30. The molecule has 0 aliphatic carbocycles. The van der Waals surface area contributed by atoms with Crippen molar-refractivity contribution in [3.05, 3.63) is 47.0 Å². The average molecular weight is 447 g/mol. The minimum atomic E-state index is -0.603. The summed E-state index contributed by atoms with van der Waals surface area (Å²) in [4.78, 5) is 26.3. The molecule has 1 amide bonds. The highest BCUT2D eigenvalue weighted by Crippen LogP contribution is 2.38. The fourth-order valence-electron chi connectivity index (χ4n) is 2.88. The molecule has 0 spiro atoms. The van der Waals surface area contributed by atoms with Crippen molar-refractivity contribution in [2.45, 2.75) is 12.8 Å². The highest BCUT2D eigenvalue weighted by Gasteiger charge is 2.19. The van der Waals surface area contributed by atoms with Crippen LogP contribution in [0.4, 0.5) is 5.69 Å². The summed E-state index contributed by atoms with van der Waals surface area (Å²) >= 11 is 6.00. The first-order valence-electron chi connectivity index (χ1n) is 9.30. The van der Waals surface area contributed by atoms with E-state index in [1.54, 1.807) is 36.4 Å². The number of benzene rings is 2. The van der Waals surface area contributed by atoms with Crippen LogP contribution in [-0.2, 0) is 20.7 Å². The number of esters is 1. The molecule has 0 atom stereocenters. The zero-order valence-corrected chi connectivity index (χ0v) is 18.3. The number of rotatable bonds is 10. The van der Waals surface area contributed by atoms with Crippen molar-refractivity contribution in [1.82, 2.24) is 0 Å². The largest absolute Gasteiger partial charge is 0.493 e. The fourth-order valence-corrected chi connectivity index (χ4v) is 3.06. The second kappa shape index (κ2) is 11.7. The quantitative estimate of drug-likeness (QED) is 0.516. The maximum atomic E-state index is 12.6. The van der Waals surface area contributed by atoms with Crippen molar-refractivity contribution in [2.24, 2.45) is 0 Å². The third-order valence-corrected chi connectivity index (χ3v) is 4.53. The highest BCUT2D eigenvalue weighted by atomic mass is 35.5. The zero-order chi connectivity index (χ0) is 22.8. The van der Waals surface area contributed by atoms with E-state index in [4.69, 9.17) is 35.8 Å². The molecule has 2 rings (SSSR count). The molecule has 0 fully saturated rings. The Morgan fingerprint density at radius 3 is 2.29 bits per heavy atom. The maximum Gasteiger partial charge on any atom is 0.310 e. The molecule has 0 bridgehead atoms. The molecule has 0 aliphatic heterocycles. The molecular weight excluding hydrogens is 424 g/mol. The average Bonchev–Trinajstić information content (AvgIpc) is 2.77. The van der Waals surface area contributed by atoms with Crippen molar-refractivity contribution >= 4 is 29.2 Å². The molecule has 0 aromatic heterocycles. The smallest absolute Gasteiger partial charge is 0.310 e. The summed E-state index contributed by atoms with van der Waals surface area (Å²) < 4.78 is 21.0. The van der Waals surface area contributed by atoms with Crippen LogP contribution in [-0.4, -0.2) is 46.4 Å².